The fourth-order valence-corrected chi connectivity index (χ4v) is 5.87. The van der Waals surface area contributed by atoms with Gasteiger partial charge < -0.3 is 9.47 Å². The second-order valence-electron chi connectivity index (χ2n) is 8.15. The average molecular weight is 449 g/mol. The second kappa shape index (κ2) is 8.06. The van der Waals surface area contributed by atoms with Gasteiger partial charge in [0.15, 0.2) is 0 Å². The number of esters is 1. The number of pyridine rings is 1. The summed E-state index contributed by atoms with van der Waals surface area (Å²) in [7, 11) is 1.64. The molecule has 0 saturated carbocycles. The van der Waals surface area contributed by atoms with Crippen LogP contribution in [0.4, 0.5) is 5.82 Å². The maximum atomic E-state index is 13.9. The van der Waals surface area contributed by atoms with Crippen LogP contribution in [0.15, 0.2) is 48.7 Å². The lowest BCUT2D eigenvalue weighted by Gasteiger charge is -2.32. The summed E-state index contributed by atoms with van der Waals surface area (Å²) < 4.78 is 10.4. The summed E-state index contributed by atoms with van der Waals surface area (Å²) in [6, 6.07) is 13.6. The molecule has 0 fully saturated rings. The lowest BCUT2D eigenvalue weighted by Crippen LogP contribution is -2.43. The number of hydrogen-bond donors (Lipinski definition) is 0. The number of aromatic nitrogens is 1. The van der Waals surface area contributed by atoms with Crippen LogP contribution in [-0.2, 0) is 34.3 Å². The second-order valence-corrected chi connectivity index (χ2v) is 9.29. The topological polar surface area (TPSA) is 68.7 Å². The van der Waals surface area contributed by atoms with E-state index in [2.05, 4.69) is 4.98 Å². The number of nitrogens with zero attached hydrogens (tertiary/aromatic N) is 2. The maximum Gasteiger partial charge on any atom is 0.348 e. The minimum atomic E-state index is -0.643. The zero-order chi connectivity index (χ0) is 22.3. The predicted molar refractivity (Wildman–Crippen MR) is 122 cm³/mol. The van der Waals surface area contributed by atoms with Crippen molar-refractivity contribution in [2.24, 2.45) is 0 Å². The van der Waals surface area contributed by atoms with Crippen LogP contribution in [0.25, 0.3) is 0 Å². The van der Waals surface area contributed by atoms with Crippen molar-refractivity contribution in [3.63, 3.8) is 0 Å². The summed E-state index contributed by atoms with van der Waals surface area (Å²) >= 11 is 1.49. The van der Waals surface area contributed by atoms with Gasteiger partial charge in [0.2, 0.25) is 5.91 Å². The quantitative estimate of drug-likeness (QED) is 0.545. The number of carbonyl (C=O) groups excluding carboxylic acids is 2. The van der Waals surface area contributed by atoms with E-state index in [-0.39, 0.29) is 11.9 Å². The molecule has 5 rings (SSSR count). The largest absolute Gasteiger partial charge is 0.497 e. The van der Waals surface area contributed by atoms with Crippen molar-refractivity contribution in [2.75, 3.05) is 18.6 Å². The Morgan fingerprint density at radius 2 is 2.06 bits per heavy atom. The molecule has 3 heterocycles. The summed E-state index contributed by atoms with van der Waals surface area (Å²) in [6.07, 6.45) is 3.79. The van der Waals surface area contributed by atoms with E-state index in [4.69, 9.17) is 9.47 Å². The number of aryl methyl sites for hydroxylation is 1. The Labute approximate surface area is 190 Å². The third-order valence-corrected chi connectivity index (χ3v) is 7.57. The van der Waals surface area contributed by atoms with E-state index in [1.807, 2.05) is 42.5 Å². The van der Waals surface area contributed by atoms with Gasteiger partial charge in [0.05, 0.1) is 25.7 Å². The average Bonchev–Trinajstić information content (AvgIpc) is 3.34. The molecule has 0 bridgehead atoms. The molecule has 3 aromatic rings. The van der Waals surface area contributed by atoms with E-state index in [0.717, 1.165) is 34.7 Å². The van der Waals surface area contributed by atoms with Crippen LogP contribution in [0, 0.1) is 0 Å². The van der Waals surface area contributed by atoms with Gasteiger partial charge in [-0.3, -0.25) is 9.69 Å². The Morgan fingerprint density at radius 1 is 1.25 bits per heavy atom. The molecule has 1 atom stereocenters. The Kier molecular flexibility index (Phi) is 5.21. The van der Waals surface area contributed by atoms with Crippen molar-refractivity contribution in [3.05, 3.63) is 75.1 Å². The van der Waals surface area contributed by atoms with E-state index >= 15 is 0 Å². The molecular weight excluding hydrogens is 424 g/mol. The molecular formula is C25H24N2O4S. The molecule has 1 amide bonds. The van der Waals surface area contributed by atoms with Crippen LogP contribution >= 0.6 is 11.3 Å². The van der Waals surface area contributed by atoms with E-state index in [1.165, 1.54) is 16.2 Å². The molecule has 2 aromatic heterocycles. The number of methoxy groups -OCH3 is 1. The van der Waals surface area contributed by atoms with Gasteiger partial charge in [-0.25, -0.2) is 9.78 Å². The van der Waals surface area contributed by atoms with E-state index < -0.39 is 5.41 Å². The molecule has 0 N–H and O–H groups in total. The van der Waals surface area contributed by atoms with Gasteiger partial charge in [-0.2, -0.15) is 0 Å². The van der Waals surface area contributed by atoms with Gasteiger partial charge >= 0.3 is 5.97 Å². The van der Waals surface area contributed by atoms with Crippen LogP contribution in [0.2, 0.25) is 0 Å². The Hall–Kier alpha value is -3.19. The summed E-state index contributed by atoms with van der Waals surface area (Å²) in [4.78, 5) is 34.3. The van der Waals surface area contributed by atoms with Crippen LogP contribution in [0.5, 0.6) is 5.75 Å². The van der Waals surface area contributed by atoms with Gasteiger partial charge in [0.25, 0.3) is 0 Å². The number of fused-ring (bicyclic) bond motifs is 3. The molecule has 1 unspecified atom stereocenters. The molecule has 2 aliphatic rings. The Balaban J connectivity index is 1.48. The highest BCUT2D eigenvalue weighted by molar-refractivity contribution is 7.14. The molecule has 164 valence electrons. The molecule has 1 aliphatic carbocycles. The molecule has 1 aliphatic heterocycles. The first-order chi connectivity index (χ1) is 15.6. The standard InChI is InChI=1S/C25H24N2O4S/c1-3-31-23(28)21-13-17-14-25(11-10-20(17)32-21)19-5-4-12-26-22(19)27(24(25)29)15-16-6-8-18(30-2)9-7-16/h4-9,12-13H,3,10-11,14-15H2,1-2H3. The van der Waals surface area contributed by atoms with E-state index in [0.29, 0.717) is 30.9 Å². The molecule has 0 saturated heterocycles. The smallest absolute Gasteiger partial charge is 0.348 e. The summed E-state index contributed by atoms with van der Waals surface area (Å²) in [5.74, 6) is 1.31. The zero-order valence-corrected chi connectivity index (χ0v) is 18.9. The van der Waals surface area contributed by atoms with Crippen LogP contribution in [-0.4, -0.2) is 30.6 Å². The first-order valence-electron chi connectivity index (χ1n) is 10.7. The van der Waals surface area contributed by atoms with E-state index in [9.17, 15) is 9.59 Å². The van der Waals surface area contributed by atoms with Crippen LogP contribution in [0.3, 0.4) is 0 Å². The van der Waals surface area contributed by atoms with Crippen molar-refractivity contribution < 1.29 is 19.1 Å². The number of thiophene rings is 1. The van der Waals surface area contributed by atoms with Crippen molar-refractivity contribution in [3.8, 4) is 5.75 Å². The van der Waals surface area contributed by atoms with Crippen LogP contribution in [0.1, 0.15) is 44.6 Å². The number of hydrogen-bond acceptors (Lipinski definition) is 6. The van der Waals surface area contributed by atoms with E-state index in [1.54, 1.807) is 25.1 Å². The number of amides is 1. The number of ether oxygens (including phenoxy) is 2. The summed E-state index contributed by atoms with van der Waals surface area (Å²) in [5.41, 5.74) is 2.42. The normalized spacial score (nSPS) is 19.1. The highest BCUT2D eigenvalue weighted by Crippen LogP contribution is 2.50. The molecule has 32 heavy (non-hydrogen) atoms. The van der Waals surface area contributed by atoms with Gasteiger partial charge in [-0.05, 0) is 61.6 Å². The number of carbonyl (C=O) groups is 2. The van der Waals surface area contributed by atoms with Crippen LogP contribution < -0.4 is 9.64 Å². The van der Waals surface area contributed by atoms with Gasteiger partial charge in [-0.15, -0.1) is 11.3 Å². The highest BCUT2D eigenvalue weighted by atomic mass is 32.1. The van der Waals surface area contributed by atoms with Gasteiger partial charge in [-0.1, -0.05) is 18.2 Å². The Morgan fingerprint density at radius 3 is 2.81 bits per heavy atom. The van der Waals surface area contributed by atoms with Crippen molar-refractivity contribution >= 4 is 29.0 Å². The number of rotatable bonds is 5. The lowest BCUT2D eigenvalue weighted by molar-refractivity contribution is -0.123. The molecule has 0 radical (unpaired) electrons. The third-order valence-electron chi connectivity index (χ3n) is 6.36. The SMILES string of the molecule is CCOC(=O)c1cc2c(s1)CCC1(C2)C(=O)N(Cc2ccc(OC)cc2)c2ncccc21. The maximum absolute atomic E-state index is 13.9. The Bertz CT molecular complexity index is 1190. The third kappa shape index (κ3) is 3.28. The van der Waals surface area contributed by atoms with Gasteiger partial charge in [0, 0.05) is 16.6 Å². The van der Waals surface area contributed by atoms with Crippen molar-refractivity contribution in [1.82, 2.24) is 4.98 Å². The fraction of sp³-hybridized carbons (Fsp3) is 0.320. The summed E-state index contributed by atoms with van der Waals surface area (Å²) in [6.45, 7) is 2.61. The highest BCUT2D eigenvalue weighted by Gasteiger charge is 2.53. The molecule has 7 heteroatoms. The van der Waals surface area contributed by atoms with Gasteiger partial charge in [0.1, 0.15) is 16.4 Å². The number of anilines is 1. The number of benzene rings is 1. The fourth-order valence-electron chi connectivity index (χ4n) is 4.80. The first kappa shape index (κ1) is 20.7. The van der Waals surface area contributed by atoms with Crippen molar-refractivity contribution in [2.45, 2.75) is 38.1 Å². The minimum absolute atomic E-state index is 0.0801. The predicted octanol–water partition coefficient (Wildman–Crippen LogP) is 4.30. The monoisotopic (exact) mass is 448 g/mol. The van der Waals surface area contributed by atoms with Crippen molar-refractivity contribution in [1.29, 1.82) is 0 Å². The lowest BCUT2D eigenvalue weighted by atomic mass is 9.70. The molecule has 6 nitrogen and oxygen atoms in total. The zero-order valence-electron chi connectivity index (χ0n) is 18.1. The minimum Gasteiger partial charge on any atom is -0.497 e. The molecule has 1 aromatic carbocycles. The molecule has 1 spiro atoms. The first-order valence-corrected chi connectivity index (χ1v) is 11.6. The summed E-state index contributed by atoms with van der Waals surface area (Å²) in [5, 5.41) is 0.